The van der Waals surface area contributed by atoms with E-state index in [1.165, 1.54) is 0 Å². The average molecular weight is 317 g/mol. The van der Waals surface area contributed by atoms with Crippen LogP contribution in [0.4, 0.5) is 0 Å². The normalized spacial score (nSPS) is 22.4. The summed E-state index contributed by atoms with van der Waals surface area (Å²) in [5.74, 6) is 2.25. The molecule has 1 aromatic carbocycles. The number of carbonyl (C=O) groups excluding carboxylic acids is 1. The van der Waals surface area contributed by atoms with E-state index in [-0.39, 0.29) is 17.7 Å². The number of fused-ring (bicyclic) bond motifs is 1. The van der Waals surface area contributed by atoms with Gasteiger partial charge in [0.25, 0.3) is 0 Å². The first kappa shape index (κ1) is 13.8. The highest BCUT2D eigenvalue weighted by Crippen LogP contribution is 2.49. The van der Waals surface area contributed by atoms with Crippen LogP contribution < -0.4 is 5.32 Å². The third kappa shape index (κ3) is 2.39. The number of halogens is 1. The van der Waals surface area contributed by atoms with Crippen LogP contribution in [-0.2, 0) is 24.3 Å². The van der Waals surface area contributed by atoms with Gasteiger partial charge in [-0.15, -0.1) is 10.2 Å². The maximum absolute atomic E-state index is 12.3. The van der Waals surface area contributed by atoms with Gasteiger partial charge in [-0.1, -0.05) is 29.8 Å². The van der Waals surface area contributed by atoms with E-state index in [0.717, 1.165) is 48.0 Å². The van der Waals surface area contributed by atoms with Gasteiger partial charge in [-0.25, -0.2) is 0 Å². The minimum Gasteiger partial charge on any atom is -0.349 e. The SMILES string of the molecule is O=C(NCc1nnc2n1CCC2)[C@@H]1C[C@H]1c1ccccc1Cl. The summed E-state index contributed by atoms with van der Waals surface area (Å²) in [7, 11) is 0. The molecule has 114 valence electrons. The maximum atomic E-state index is 12.3. The number of nitrogens with one attached hydrogen (secondary N) is 1. The second kappa shape index (κ2) is 5.39. The highest BCUT2D eigenvalue weighted by Gasteiger charge is 2.44. The molecule has 1 aliphatic carbocycles. The lowest BCUT2D eigenvalue weighted by Crippen LogP contribution is -2.26. The minimum absolute atomic E-state index is 0.0286. The Morgan fingerprint density at radius 2 is 2.23 bits per heavy atom. The molecule has 4 rings (SSSR count). The van der Waals surface area contributed by atoms with Gasteiger partial charge in [-0.2, -0.15) is 0 Å². The molecule has 2 heterocycles. The Balaban J connectivity index is 1.37. The van der Waals surface area contributed by atoms with Gasteiger partial charge in [0.05, 0.1) is 6.54 Å². The first-order valence-electron chi connectivity index (χ1n) is 7.67. The Hall–Kier alpha value is -1.88. The Morgan fingerprint density at radius 3 is 3.09 bits per heavy atom. The summed E-state index contributed by atoms with van der Waals surface area (Å²) in [6.45, 7) is 1.41. The number of nitrogens with zero attached hydrogens (tertiary/aromatic N) is 3. The molecule has 1 fully saturated rings. The van der Waals surface area contributed by atoms with Gasteiger partial charge < -0.3 is 9.88 Å². The van der Waals surface area contributed by atoms with Gasteiger partial charge in [0.2, 0.25) is 5.91 Å². The van der Waals surface area contributed by atoms with Crippen molar-refractivity contribution in [2.45, 2.75) is 38.3 Å². The zero-order valence-electron chi connectivity index (χ0n) is 12.1. The summed E-state index contributed by atoms with van der Waals surface area (Å²) < 4.78 is 2.11. The second-order valence-corrected chi connectivity index (χ2v) is 6.38. The van der Waals surface area contributed by atoms with Gasteiger partial charge in [-0.3, -0.25) is 4.79 Å². The van der Waals surface area contributed by atoms with E-state index in [1.54, 1.807) is 0 Å². The molecule has 5 nitrogen and oxygen atoms in total. The fourth-order valence-electron chi connectivity index (χ4n) is 3.24. The van der Waals surface area contributed by atoms with Crippen molar-refractivity contribution in [3.63, 3.8) is 0 Å². The highest BCUT2D eigenvalue weighted by atomic mass is 35.5. The number of carbonyl (C=O) groups is 1. The van der Waals surface area contributed by atoms with Crippen LogP contribution in [-0.4, -0.2) is 20.7 Å². The number of amides is 1. The van der Waals surface area contributed by atoms with Crippen LogP contribution in [0.15, 0.2) is 24.3 Å². The van der Waals surface area contributed by atoms with Crippen molar-refractivity contribution < 1.29 is 4.79 Å². The molecule has 0 saturated heterocycles. The van der Waals surface area contributed by atoms with E-state index < -0.39 is 0 Å². The van der Waals surface area contributed by atoms with Gasteiger partial charge in [0.15, 0.2) is 5.82 Å². The van der Waals surface area contributed by atoms with Crippen molar-refractivity contribution in [3.05, 3.63) is 46.5 Å². The van der Waals surface area contributed by atoms with Crippen LogP contribution in [0, 0.1) is 5.92 Å². The molecule has 1 aromatic heterocycles. The van der Waals surface area contributed by atoms with Crippen molar-refractivity contribution in [3.8, 4) is 0 Å². The lowest BCUT2D eigenvalue weighted by atomic mass is 10.1. The molecule has 1 aliphatic heterocycles. The topological polar surface area (TPSA) is 59.8 Å². The van der Waals surface area contributed by atoms with Crippen LogP contribution in [0.25, 0.3) is 0 Å². The number of aromatic nitrogens is 3. The summed E-state index contributed by atoms with van der Waals surface area (Å²) in [4.78, 5) is 12.3. The van der Waals surface area contributed by atoms with E-state index in [2.05, 4.69) is 20.1 Å². The van der Waals surface area contributed by atoms with Gasteiger partial charge in [0, 0.05) is 23.9 Å². The summed E-state index contributed by atoms with van der Waals surface area (Å²) >= 11 is 6.20. The Labute approximate surface area is 133 Å². The zero-order valence-corrected chi connectivity index (χ0v) is 12.9. The van der Waals surface area contributed by atoms with Crippen LogP contribution >= 0.6 is 11.6 Å². The van der Waals surface area contributed by atoms with Crippen LogP contribution in [0.3, 0.4) is 0 Å². The van der Waals surface area contributed by atoms with E-state index in [0.29, 0.717) is 6.54 Å². The monoisotopic (exact) mass is 316 g/mol. The number of hydrogen-bond donors (Lipinski definition) is 1. The van der Waals surface area contributed by atoms with E-state index in [4.69, 9.17) is 11.6 Å². The fraction of sp³-hybridized carbons (Fsp3) is 0.438. The summed E-state index contributed by atoms with van der Waals surface area (Å²) in [5.41, 5.74) is 1.08. The predicted octanol–water partition coefficient (Wildman–Crippen LogP) is 2.30. The largest absolute Gasteiger partial charge is 0.349 e. The predicted molar refractivity (Wildman–Crippen MR) is 82.5 cm³/mol. The van der Waals surface area contributed by atoms with Crippen molar-refractivity contribution >= 4 is 17.5 Å². The van der Waals surface area contributed by atoms with Crippen molar-refractivity contribution in [1.29, 1.82) is 0 Å². The van der Waals surface area contributed by atoms with Crippen molar-refractivity contribution in [2.24, 2.45) is 5.92 Å². The van der Waals surface area contributed by atoms with Gasteiger partial charge in [0.1, 0.15) is 5.82 Å². The second-order valence-electron chi connectivity index (χ2n) is 5.98. The fourth-order valence-corrected chi connectivity index (χ4v) is 3.52. The highest BCUT2D eigenvalue weighted by molar-refractivity contribution is 6.31. The molecule has 2 atom stereocenters. The molecule has 0 radical (unpaired) electrons. The number of rotatable bonds is 4. The molecule has 1 saturated carbocycles. The Bertz CT molecular complexity index is 727. The average Bonchev–Trinajstić information content (AvgIpc) is 3.00. The van der Waals surface area contributed by atoms with E-state index in [1.807, 2.05) is 24.3 Å². The molecule has 2 aliphatic rings. The number of hydrogen-bond acceptors (Lipinski definition) is 3. The first-order valence-corrected chi connectivity index (χ1v) is 8.05. The lowest BCUT2D eigenvalue weighted by molar-refractivity contribution is -0.122. The molecule has 22 heavy (non-hydrogen) atoms. The first-order chi connectivity index (χ1) is 10.7. The Kier molecular flexibility index (Phi) is 3.37. The summed E-state index contributed by atoms with van der Waals surface area (Å²) in [5, 5.41) is 12.1. The van der Waals surface area contributed by atoms with Crippen LogP contribution in [0.5, 0.6) is 0 Å². The maximum Gasteiger partial charge on any atom is 0.224 e. The molecule has 0 bridgehead atoms. The number of aryl methyl sites for hydroxylation is 1. The van der Waals surface area contributed by atoms with Gasteiger partial charge >= 0.3 is 0 Å². The molecule has 0 unspecified atom stereocenters. The van der Waals surface area contributed by atoms with Crippen molar-refractivity contribution in [1.82, 2.24) is 20.1 Å². The Morgan fingerprint density at radius 1 is 1.36 bits per heavy atom. The third-order valence-corrected chi connectivity index (χ3v) is 4.88. The molecule has 1 amide bonds. The molecule has 0 spiro atoms. The number of benzene rings is 1. The zero-order chi connectivity index (χ0) is 15.1. The summed E-state index contributed by atoms with van der Waals surface area (Å²) in [6.07, 6.45) is 2.97. The summed E-state index contributed by atoms with van der Waals surface area (Å²) in [6, 6.07) is 7.76. The lowest BCUT2D eigenvalue weighted by Gasteiger charge is -2.06. The molecule has 2 aromatic rings. The molecular formula is C16H17ClN4O. The molecule has 1 N–H and O–H groups in total. The van der Waals surface area contributed by atoms with E-state index >= 15 is 0 Å². The van der Waals surface area contributed by atoms with Crippen LogP contribution in [0.1, 0.15) is 36.0 Å². The molecular weight excluding hydrogens is 300 g/mol. The van der Waals surface area contributed by atoms with Crippen LogP contribution in [0.2, 0.25) is 5.02 Å². The molecule has 6 heteroatoms. The van der Waals surface area contributed by atoms with E-state index in [9.17, 15) is 4.79 Å². The standard InChI is InChI=1S/C16H17ClN4O/c17-13-5-2-1-4-10(13)11-8-12(11)16(22)18-9-15-20-19-14-6-3-7-21(14)15/h1-2,4-5,11-12H,3,6-9H2,(H,18,22)/t11-,12+/m0/s1. The third-order valence-electron chi connectivity index (χ3n) is 4.54. The van der Waals surface area contributed by atoms with Gasteiger partial charge in [-0.05, 0) is 30.4 Å². The smallest absolute Gasteiger partial charge is 0.224 e. The minimum atomic E-state index is 0.0286. The van der Waals surface area contributed by atoms with Crippen molar-refractivity contribution in [2.75, 3.05) is 0 Å². The quantitative estimate of drug-likeness (QED) is 0.941.